The van der Waals surface area contributed by atoms with Crippen molar-refractivity contribution >= 4 is 12.4 Å². The summed E-state index contributed by atoms with van der Waals surface area (Å²) in [6.45, 7) is 2.65. The lowest BCUT2D eigenvalue weighted by atomic mass is 10.1. The molecule has 0 fully saturated rings. The molecule has 2 nitrogen and oxygen atoms in total. The predicted molar refractivity (Wildman–Crippen MR) is 81.9 cm³/mol. The van der Waals surface area contributed by atoms with Gasteiger partial charge in [-0.3, -0.25) is 0 Å². The fraction of sp³-hybridized carbons (Fsp3) is 0.250. The molecule has 0 heterocycles. The molecule has 19 heavy (non-hydrogen) atoms. The van der Waals surface area contributed by atoms with E-state index in [2.05, 4.69) is 12.1 Å². The first kappa shape index (κ1) is 15.5. The van der Waals surface area contributed by atoms with Crippen molar-refractivity contribution in [3.05, 3.63) is 65.7 Å². The van der Waals surface area contributed by atoms with Gasteiger partial charge < -0.3 is 10.5 Å². The maximum atomic E-state index is 5.92. The second-order valence-electron chi connectivity index (χ2n) is 4.41. The molecule has 2 aromatic rings. The minimum absolute atomic E-state index is 0. The second-order valence-corrected chi connectivity index (χ2v) is 4.41. The third-order valence-corrected chi connectivity index (χ3v) is 2.90. The molecule has 0 spiro atoms. The Morgan fingerprint density at radius 3 is 2.32 bits per heavy atom. The minimum Gasteiger partial charge on any atom is -0.493 e. The van der Waals surface area contributed by atoms with E-state index in [1.54, 1.807) is 0 Å². The summed E-state index contributed by atoms with van der Waals surface area (Å²) in [5.41, 5.74) is 8.27. The summed E-state index contributed by atoms with van der Waals surface area (Å²) in [6, 6.07) is 18.3. The van der Waals surface area contributed by atoms with Crippen molar-refractivity contribution < 1.29 is 4.74 Å². The number of benzene rings is 2. The Balaban J connectivity index is 0.00000180. The van der Waals surface area contributed by atoms with Gasteiger partial charge in [-0.1, -0.05) is 48.5 Å². The van der Waals surface area contributed by atoms with Gasteiger partial charge in [0.25, 0.3) is 0 Å². The molecule has 2 aromatic carbocycles. The third-order valence-electron chi connectivity index (χ3n) is 2.90. The van der Waals surface area contributed by atoms with Crippen LogP contribution in [0.1, 0.15) is 24.1 Å². The van der Waals surface area contributed by atoms with Gasteiger partial charge in [-0.25, -0.2) is 0 Å². The molecule has 0 saturated carbocycles. The molecular formula is C16H20ClNO. The first-order valence-electron chi connectivity index (χ1n) is 6.28. The quantitative estimate of drug-likeness (QED) is 0.903. The molecule has 0 bridgehead atoms. The summed E-state index contributed by atoms with van der Waals surface area (Å²) < 4.78 is 5.82. The van der Waals surface area contributed by atoms with Gasteiger partial charge in [0, 0.05) is 18.0 Å². The van der Waals surface area contributed by atoms with Crippen molar-refractivity contribution in [1.29, 1.82) is 0 Å². The summed E-state index contributed by atoms with van der Waals surface area (Å²) in [4.78, 5) is 0. The van der Waals surface area contributed by atoms with Crippen molar-refractivity contribution in [2.75, 3.05) is 6.61 Å². The van der Waals surface area contributed by atoms with Crippen molar-refractivity contribution in [3.63, 3.8) is 0 Å². The monoisotopic (exact) mass is 277 g/mol. The molecule has 0 aliphatic heterocycles. The van der Waals surface area contributed by atoms with E-state index in [9.17, 15) is 0 Å². The average molecular weight is 278 g/mol. The van der Waals surface area contributed by atoms with Crippen molar-refractivity contribution in [3.8, 4) is 5.75 Å². The van der Waals surface area contributed by atoms with Crippen LogP contribution in [0, 0.1) is 0 Å². The highest BCUT2D eigenvalue weighted by Crippen LogP contribution is 2.23. The molecule has 0 aliphatic rings. The van der Waals surface area contributed by atoms with Crippen LogP contribution in [0.3, 0.4) is 0 Å². The van der Waals surface area contributed by atoms with Crippen LogP contribution in [-0.2, 0) is 6.42 Å². The van der Waals surface area contributed by atoms with E-state index < -0.39 is 0 Å². The molecule has 1 atom stereocenters. The van der Waals surface area contributed by atoms with Gasteiger partial charge in [-0.2, -0.15) is 0 Å². The largest absolute Gasteiger partial charge is 0.493 e. The van der Waals surface area contributed by atoms with E-state index in [1.807, 2.05) is 49.4 Å². The highest BCUT2D eigenvalue weighted by atomic mass is 35.5. The normalized spacial score (nSPS) is 11.5. The lowest BCUT2D eigenvalue weighted by Gasteiger charge is -2.13. The van der Waals surface area contributed by atoms with Crippen LogP contribution in [0.15, 0.2) is 54.6 Å². The summed E-state index contributed by atoms with van der Waals surface area (Å²) >= 11 is 0. The molecule has 0 aromatic heterocycles. The summed E-state index contributed by atoms with van der Waals surface area (Å²) in [5, 5.41) is 0. The van der Waals surface area contributed by atoms with Gasteiger partial charge in [-0.05, 0) is 18.6 Å². The molecule has 0 radical (unpaired) electrons. The zero-order chi connectivity index (χ0) is 12.8. The number of halogens is 1. The Morgan fingerprint density at radius 2 is 1.63 bits per heavy atom. The molecule has 0 amide bonds. The first-order chi connectivity index (χ1) is 8.77. The number of para-hydroxylation sites is 1. The Kier molecular flexibility index (Phi) is 6.40. The zero-order valence-electron chi connectivity index (χ0n) is 11.1. The molecular weight excluding hydrogens is 258 g/mol. The van der Waals surface area contributed by atoms with Crippen LogP contribution in [-0.4, -0.2) is 6.61 Å². The highest BCUT2D eigenvalue weighted by molar-refractivity contribution is 5.85. The third kappa shape index (κ3) is 4.58. The Hall–Kier alpha value is -1.51. The van der Waals surface area contributed by atoms with Gasteiger partial charge >= 0.3 is 0 Å². The van der Waals surface area contributed by atoms with Gasteiger partial charge in [0.15, 0.2) is 0 Å². The standard InChI is InChI=1S/C16H19NO.ClH/c1-13(17)15-9-5-6-10-16(15)18-12-11-14-7-3-2-4-8-14;/h2-10,13H,11-12,17H2,1H3;1H. The average Bonchev–Trinajstić information content (AvgIpc) is 2.40. The van der Waals surface area contributed by atoms with E-state index in [0.29, 0.717) is 6.61 Å². The van der Waals surface area contributed by atoms with E-state index in [0.717, 1.165) is 17.7 Å². The minimum atomic E-state index is -0.00192. The molecule has 3 heteroatoms. The van der Waals surface area contributed by atoms with E-state index in [1.165, 1.54) is 5.56 Å². The lowest BCUT2D eigenvalue weighted by Crippen LogP contribution is -2.09. The smallest absolute Gasteiger partial charge is 0.124 e. The zero-order valence-corrected chi connectivity index (χ0v) is 11.9. The Morgan fingerprint density at radius 1 is 1.00 bits per heavy atom. The Labute approximate surface area is 121 Å². The molecule has 102 valence electrons. The number of rotatable bonds is 5. The molecule has 2 rings (SSSR count). The van der Waals surface area contributed by atoms with E-state index >= 15 is 0 Å². The summed E-state index contributed by atoms with van der Waals surface area (Å²) in [7, 11) is 0. The highest BCUT2D eigenvalue weighted by Gasteiger charge is 2.06. The molecule has 0 aliphatic carbocycles. The number of hydrogen-bond donors (Lipinski definition) is 1. The molecule has 0 saturated heterocycles. The summed E-state index contributed by atoms with van der Waals surface area (Å²) in [6.07, 6.45) is 0.911. The number of nitrogens with two attached hydrogens (primary N) is 1. The fourth-order valence-electron chi connectivity index (χ4n) is 1.91. The van der Waals surface area contributed by atoms with Crippen LogP contribution in [0.4, 0.5) is 0 Å². The Bertz CT molecular complexity index is 485. The predicted octanol–water partition coefficient (Wildman–Crippen LogP) is 3.75. The van der Waals surface area contributed by atoms with Crippen molar-refractivity contribution in [2.24, 2.45) is 5.73 Å². The first-order valence-corrected chi connectivity index (χ1v) is 6.28. The maximum absolute atomic E-state index is 5.92. The van der Waals surface area contributed by atoms with Gasteiger partial charge in [0.1, 0.15) is 5.75 Å². The van der Waals surface area contributed by atoms with Crippen LogP contribution >= 0.6 is 12.4 Å². The van der Waals surface area contributed by atoms with Crippen LogP contribution in [0.5, 0.6) is 5.75 Å². The van der Waals surface area contributed by atoms with E-state index in [-0.39, 0.29) is 18.4 Å². The summed E-state index contributed by atoms with van der Waals surface area (Å²) in [5.74, 6) is 0.892. The van der Waals surface area contributed by atoms with Crippen molar-refractivity contribution in [2.45, 2.75) is 19.4 Å². The van der Waals surface area contributed by atoms with E-state index in [4.69, 9.17) is 10.5 Å². The van der Waals surface area contributed by atoms with Gasteiger partial charge in [0.05, 0.1) is 6.61 Å². The SMILES string of the molecule is CC(N)c1ccccc1OCCc1ccccc1.Cl. The van der Waals surface area contributed by atoms with Gasteiger partial charge in [0.2, 0.25) is 0 Å². The van der Waals surface area contributed by atoms with Gasteiger partial charge in [-0.15, -0.1) is 12.4 Å². The van der Waals surface area contributed by atoms with Crippen LogP contribution < -0.4 is 10.5 Å². The lowest BCUT2D eigenvalue weighted by molar-refractivity contribution is 0.317. The number of ether oxygens (including phenoxy) is 1. The molecule has 1 unspecified atom stereocenters. The number of hydrogen-bond acceptors (Lipinski definition) is 2. The molecule has 2 N–H and O–H groups in total. The fourth-order valence-corrected chi connectivity index (χ4v) is 1.91. The maximum Gasteiger partial charge on any atom is 0.124 e. The second kappa shape index (κ2) is 7.82. The van der Waals surface area contributed by atoms with Crippen molar-refractivity contribution in [1.82, 2.24) is 0 Å². The topological polar surface area (TPSA) is 35.2 Å². The van der Waals surface area contributed by atoms with Crippen LogP contribution in [0.25, 0.3) is 0 Å². The van der Waals surface area contributed by atoms with Crippen LogP contribution in [0.2, 0.25) is 0 Å².